The molecule has 0 radical (unpaired) electrons. The molecule has 0 aliphatic rings. The molecule has 0 unspecified atom stereocenters. The molecule has 0 fully saturated rings. The van der Waals surface area contributed by atoms with E-state index in [1.807, 2.05) is 18.2 Å². The molecule has 3 aromatic heterocycles. The maximum Gasteiger partial charge on any atom is 0.250 e. The SMILES string of the molecule is C=C/C(Nc1cccc(-c2cnc3ccc(C(N)=O)cn23)n1)=C(\C)Cl. The monoisotopic (exact) mass is 353 g/mol. The number of carbonyl (C=O) groups excluding carboxylic acids is 1. The Hall–Kier alpha value is -3.12. The van der Waals surface area contributed by atoms with Gasteiger partial charge in [0.2, 0.25) is 5.91 Å². The summed E-state index contributed by atoms with van der Waals surface area (Å²) in [4.78, 5) is 20.3. The molecular weight excluding hydrogens is 338 g/mol. The quantitative estimate of drug-likeness (QED) is 0.687. The molecule has 0 aliphatic heterocycles. The fraction of sp³-hybridized carbons (Fsp3) is 0.0556. The first kappa shape index (κ1) is 16.7. The fourth-order valence-electron chi connectivity index (χ4n) is 2.38. The normalized spacial score (nSPS) is 11.9. The Kier molecular flexibility index (Phi) is 4.54. The smallest absolute Gasteiger partial charge is 0.250 e. The highest BCUT2D eigenvalue weighted by Crippen LogP contribution is 2.22. The van der Waals surface area contributed by atoms with Crippen LogP contribution in [0.5, 0.6) is 0 Å². The van der Waals surface area contributed by atoms with Gasteiger partial charge in [-0.25, -0.2) is 9.97 Å². The molecule has 3 N–H and O–H groups in total. The summed E-state index contributed by atoms with van der Waals surface area (Å²) in [5.41, 5.74) is 8.57. The number of nitrogens with one attached hydrogen (secondary N) is 1. The number of pyridine rings is 2. The van der Waals surface area contributed by atoms with Gasteiger partial charge in [-0.1, -0.05) is 24.2 Å². The van der Waals surface area contributed by atoms with E-state index >= 15 is 0 Å². The third-order valence-electron chi connectivity index (χ3n) is 3.64. The first-order chi connectivity index (χ1) is 12.0. The minimum atomic E-state index is -0.497. The zero-order valence-corrected chi connectivity index (χ0v) is 14.3. The van der Waals surface area contributed by atoms with E-state index in [9.17, 15) is 4.79 Å². The van der Waals surface area contributed by atoms with Gasteiger partial charge in [0.05, 0.1) is 28.8 Å². The number of imidazole rings is 1. The summed E-state index contributed by atoms with van der Waals surface area (Å²) in [6, 6.07) is 8.93. The lowest BCUT2D eigenvalue weighted by Gasteiger charge is -2.09. The van der Waals surface area contributed by atoms with Gasteiger partial charge in [-0.15, -0.1) is 0 Å². The first-order valence-corrected chi connectivity index (χ1v) is 7.87. The zero-order valence-electron chi connectivity index (χ0n) is 13.5. The van der Waals surface area contributed by atoms with E-state index in [0.717, 1.165) is 5.69 Å². The maximum atomic E-state index is 11.4. The summed E-state index contributed by atoms with van der Waals surface area (Å²) in [6.45, 7) is 5.50. The molecule has 0 atom stereocenters. The van der Waals surface area contributed by atoms with E-state index < -0.39 is 5.91 Å². The van der Waals surface area contributed by atoms with Crippen molar-refractivity contribution < 1.29 is 4.79 Å². The first-order valence-electron chi connectivity index (χ1n) is 7.50. The number of rotatable bonds is 5. The predicted octanol–water partition coefficient (Wildman–Crippen LogP) is 3.56. The molecule has 0 spiro atoms. The molecule has 0 aliphatic carbocycles. The second-order valence-electron chi connectivity index (χ2n) is 5.34. The molecule has 126 valence electrons. The van der Waals surface area contributed by atoms with E-state index in [1.54, 1.807) is 41.9 Å². The largest absolute Gasteiger partial charge is 0.366 e. The maximum absolute atomic E-state index is 11.4. The molecule has 25 heavy (non-hydrogen) atoms. The van der Waals surface area contributed by atoms with Crippen molar-refractivity contribution in [3.8, 4) is 11.4 Å². The Morgan fingerprint density at radius 1 is 1.36 bits per heavy atom. The van der Waals surface area contributed by atoms with Crippen molar-refractivity contribution in [1.29, 1.82) is 0 Å². The van der Waals surface area contributed by atoms with Crippen molar-refractivity contribution >= 4 is 29.0 Å². The third kappa shape index (κ3) is 3.39. The van der Waals surface area contributed by atoms with Crippen LogP contribution in [0.2, 0.25) is 0 Å². The molecule has 0 saturated carbocycles. The van der Waals surface area contributed by atoms with Crippen LogP contribution in [-0.2, 0) is 0 Å². The molecule has 7 heteroatoms. The number of fused-ring (bicyclic) bond motifs is 1. The topological polar surface area (TPSA) is 85.3 Å². The average Bonchev–Trinajstić information content (AvgIpc) is 3.02. The summed E-state index contributed by atoms with van der Waals surface area (Å²) in [5.74, 6) is 0.122. The van der Waals surface area contributed by atoms with Crippen LogP contribution < -0.4 is 11.1 Å². The van der Waals surface area contributed by atoms with Crippen LogP contribution in [0.4, 0.5) is 5.82 Å². The molecule has 0 bridgehead atoms. The Labute approximate surface area is 149 Å². The van der Waals surface area contributed by atoms with E-state index in [2.05, 4.69) is 21.9 Å². The molecule has 6 nitrogen and oxygen atoms in total. The molecule has 0 saturated heterocycles. The lowest BCUT2D eigenvalue weighted by molar-refractivity contribution is 0.1000. The van der Waals surface area contributed by atoms with Gasteiger partial charge in [0, 0.05) is 11.2 Å². The Morgan fingerprint density at radius 2 is 2.16 bits per heavy atom. The number of amides is 1. The summed E-state index contributed by atoms with van der Waals surface area (Å²) in [5, 5.41) is 3.71. The lowest BCUT2D eigenvalue weighted by atomic mass is 10.2. The summed E-state index contributed by atoms with van der Waals surface area (Å²) < 4.78 is 1.78. The molecule has 3 heterocycles. The van der Waals surface area contributed by atoms with Crippen molar-refractivity contribution in [1.82, 2.24) is 14.4 Å². The molecule has 3 rings (SSSR count). The van der Waals surface area contributed by atoms with Crippen molar-refractivity contribution in [3.63, 3.8) is 0 Å². The minimum absolute atomic E-state index is 0.399. The molecular formula is C18H16ClN5O. The van der Waals surface area contributed by atoms with Crippen molar-refractivity contribution in [2.24, 2.45) is 5.73 Å². The van der Waals surface area contributed by atoms with Gasteiger partial charge in [0.25, 0.3) is 0 Å². The average molecular weight is 354 g/mol. The number of hydrogen-bond donors (Lipinski definition) is 2. The number of hydrogen-bond acceptors (Lipinski definition) is 4. The van der Waals surface area contributed by atoms with Gasteiger partial charge in [-0.2, -0.15) is 0 Å². The Morgan fingerprint density at radius 3 is 2.84 bits per heavy atom. The van der Waals surface area contributed by atoms with Crippen molar-refractivity contribution in [3.05, 3.63) is 71.7 Å². The van der Waals surface area contributed by atoms with Crippen LogP contribution in [0.3, 0.4) is 0 Å². The van der Waals surface area contributed by atoms with Gasteiger partial charge in [-0.05, 0) is 37.3 Å². The van der Waals surface area contributed by atoms with Crippen molar-refractivity contribution in [2.45, 2.75) is 6.92 Å². The standard InChI is InChI=1S/C18H16ClN5O/c1-3-13(11(2)19)22-16-6-4-5-14(23-16)15-9-21-17-8-7-12(18(20)25)10-24(15)17/h3-10H,1H2,2H3,(H2,20,25)(H,22,23)/b13-11-. The summed E-state index contributed by atoms with van der Waals surface area (Å²) in [6.07, 6.45) is 4.98. The zero-order chi connectivity index (χ0) is 18.0. The third-order valence-corrected chi connectivity index (χ3v) is 3.84. The second-order valence-corrected chi connectivity index (χ2v) is 5.90. The van der Waals surface area contributed by atoms with E-state index in [-0.39, 0.29) is 0 Å². The number of allylic oxidation sites excluding steroid dienone is 2. The molecule has 0 aromatic carbocycles. The number of primary amides is 1. The fourth-order valence-corrected chi connectivity index (χ4v) is 2.50. The van der Waals surface area contributed by atoms with Crippen LogP contribution in [0.25, 0.3) is 17.0 Å². The highest BCUT2D eigenvalue weighted by molar-refractivity contribution is 6.29. The lowest BCUT2D eigenvalue weighted by Crippen LogP contribution is -2.11. The highest BCUT2D eigenvalue weighted by Gasteiger charge is 2.10. The number of aromatic nitrogens is 3. The van der Waals surface area contributed by atoms with Gasteiger partial charge in [-0.3, -0.25) is 9.20 Å². The minimum Gasteiger partial charge on any atom is -0.366 e. The van der Waals surface area contributed by atoms with Gasteiger partial charge in [0.1, 0.15) is 11.5 Å². The van der Waals surface area contributed by atoms with Crippen molar-refractivity contribution in [2.75, 3.05) is 5.32 Å². The Balaban J connectivity index is 2.05. The van der Waals surface area contributed by atoms with Crippen LogP contribution >= 0.6 is 11.6 Å². The van der Waals surface area contributed by atoms with Gasteiger partial charge in [0.15, 0.2) is 0 Å². The van der Waals surface area contributed by atoms with Crippen LogP contribution in [0.1, 0.15) is 17.3 Å². The number of halogens is 1. The molecule has 3 aromatic rings. The predicted molar refractivity (Wildman–Crippen MR) is 99.3 cm³/mol. The summed E-state index contributed by atoms with van der Waals surface area (Å²) >= 11 is 6.02. The van der Waals surface area contributed by atoms with Crippen LogP contribution in [-0.4, -0.2) is 20.3 Å². The van der Waals surface area contributed by atoms with Crippen LogP contribution in [0.15, 0.2) is 66.1 Å². The van der Waals surface area contributed by atoms with Crippen LogP contribution in [0, 0.1) is 0 Å². The van der Waals surface area contributed by atoms with Gasteiger partial charge < -0.3 is 11.1 Å². The van der Waals surface area contributed by atoms with E-state index in [1.165, 1.54) is 0 Å². The number of carbonyl (C=O) groups is 1. The van der Waals surface area contributed by atoms with E-state index in [0.29, 0.717) is 33.5 Å². The Bertz CT molecular complexity index is 1000. The highest BCUT2D eigenvalue weighted by atomic mass is 35.5. The number of nitrogens with zero attached hydrogens (tertiary/aromatic N) is 3. The number of anilines is 1. The second kappa shape index (κ2) is 6.78. The van der Waals surface area contributed by atoms with Gasteiger partial charge >= 0.3 is 0 Å². The molecule has 1 amide bonds. The summed E-state index contributed by atoms with van der Waals surface area (Å²) in [7, 11) is 0. The van der Waals surface area contributed by atoms with E-state index in [4.69, 9.17) is 17.3 Å². The number of nitrogens with two attached hydrogens (primary N) is 1.